The van der Waals surface area contributed by atoms with Crippen LogP contribution in [0.25, 0.3) is 10.9 Å². The summed E-state index contributed by atoms with van der Waals surface area (Å²) >= 11 is 0. The molecule has 4 heteroatoms. The summed E-state index contributed by atoms with van der Waals surface area (Å²) in [6.45, 7) is 4.32. The Kier molecular flexibility index (Phi) is 3.69. The van der Waals surface area contributed by atoms with Gasteiger partial charge in [-0.05, 0) is 30.7 Å². The van der Waals surface area contributed by atoms with Gasteiger partial charge in [-0.15, -0.1) is 0 Å². The summed E-state index contributed by atoms with van der Waals surface area (Å²) in [7, 11) is 0. The average Bonchev–Trinajstić information content (AvgIpc) is 2.62. The molecule has 3 aromatic rings. The first-order chi connectivity index (χ1) is 11.7. The number of hydrogen-bond acceptors (Lipinski definition) is 3. The fourth-order valence-electron chi connectivity index (χ4n) is 3.42. The molecular formula is C20H19FN2O. The summed E-state index contributed by atoms with van der Waals surface area (Å²) in [5.74, 6) is -0.261. The van der Waals surface area contributed by atoms with Crippen molar-refractivity contribution in [2.45, 2.75) is 12.5 Å². The number of nitrogens with zero attached hydrogens (tertiary/aromatic N) is 2. The molecule has 24 heavy (non-hydrogen) atoms. The van der Waals surface area contributed by atoms with E-state index in [0.29, 0.717) is 12.1 Å². The Bertz CT molecular complexity index is 868. The van der Waals surface area contributed by atoms with E-state index < -0.39 is 0 Å². The van der Waals surface area contributed by atoms with Crippen LogP contribution < -0.4 is 4.90 Å². The van der Waals surface area contributed by atoms with Crippen molar-refractivity contribution >= 4 is 16.6 Å². The van der Waals surface area contributed by atoms with Gasteiger partial charge in [0.2, 0.25) is 0 Å². The number of halogens is 1. The van der Waals surface area contributed by atoms with Crippen molar-refractivity contribution in [3.05, 3.63) is 72.2 Å². The number of pyridine rings is 1. The standard InChI is InChI=1S/C20H19FN2O/c1-20(15-5-3-2-4-6-15)14-23(11-12-24-20)19-9-10-22-18-13-16(21)7-8-17(18)19/h2-10,13H,11-12,14H2,1H3. The van der Waals surface area contributed by atoms with Crippen LogP contribution in [0.2, 0.25) is 0 Å². The predicted octanol–water partition coefficient (Wildman–Crippen LogP) is 4.13. The molecule has 1 saturated heterocycles. The van der Waals surface area contributed by atoms with Gasteiger partial charge in [-0.2, -0.15) is 0 Å². The molecule has 3 nitrogen and oxygen atoms in total. The van der Waals surface area contributed by atoms with Gasteiger partial charge < -0.3 is 9.64 Å². The Morgan fingerprint density at radius 2 is 1.96 bits per heavy atom. The monoisotopic (exact) mass is 322 g/mol. The summed E-state index contributed by atoms with van der Waals surface area (Å²) < 4.78 is 19.6. The molecular weight excluding hydrogens is 303 g/mol. The molecule has 122 valence electrons. The normalized spacial score (nSPS) is 21.2. The number of aromatic nitrogens is 1. The second kappa shape index (κ2) is 5.87. The molecule has 0 spiro atoms. The van der Waals surface area contributed by atoms with Gasteiger partial charge in [0.25, 0.3) is 0 Å². The van der Waals surface area contributed by atoms with E-state index in [0.717, 1.165) is 24.2 Å². The van der Waals surface area contributed by atoms with E-state index in [4.69, 9.17) is 4.74 Å². The number of fused-ring (bicyclic) bond motifs is 1. The highest BCUT2D eigenvalue weighted by atomic mass is 19.1. The maximum absolute atomic E-state index is 13.5. The van der Waals surface area contributed by atoms with Gasteiger partial charge in [0.05, 0.1) is 18.7 Å². The van der Waals surface area contributed by atoms with Crippen molar-refractivity contribution in [3.63, 3.8) is 0 Å². The number of ether oxygens (including phenoxy) is 1. The van der Waals surface area contributed by atoms with Crippen LogP contribution in [0.5, 0.6) is 0 Å². The third-order valence-electron chi connectivity index (χ3n) is 4.68. The van der Waals surface area contributed by atoms with Crippen molar-refractivity contribution in [1.82, 2.24) is 4.98 Å². The topological polar surface area (TPSA) is 25.4 Å². The van der Waals surface area contributed by atoms with Crippen molar-refractivity contribution in [3.8, 4) is 0 Å². The fraction of sp³-hybridized carbons (Fsp3) is 0.250. The molecule has 1 atom stereocenters. The third kappa shape index (κ3) is 2.63. The quantitative estimate of drug-likeness (QED) is 0.709. The largest absolute Gasteiger partial charge is 0.367 e. The van der Waals surface area contributed by atoms with E-state index in [1.165, 1.54) is 17.7 Å². The van der Waals surface area contributed by atoms with E-state index in [1.54, 1.807) is 6.20 Å². The van der Waals surface area contributed by atoms with Crippen LogP contribution in [0.3, 0.4) is 0 Å². The minimum Gasteiger partial charge on any atom is -0.367 e. The Morgan fingerprint density at radius 1 is 1.12 bits per heavy atom. The molecule has 0 amide bonds. The second-order valence-electron chi connectivity index (χ2n) is 6.36. The molecule has 1 aromatic heterocycles. The molecule has 0 saturated carbocycles. The predicted molar refractivity (Wildman–Crippen MR) is 93.7 cm³/mol. The van der Waals surface area contributed by atoms with Gasteiger partial charge in [0, 0.05) is 29.9 Å². The maximum atomic E-state index is 13.5. The van der Waals surface area contributed by atoms with Crippen LogP contribution in [0.1, 0.15) is 12.5 Å². The lowest BCUT2D eigenvalue weighted by Crippen LogP contribution is -2.48. The van der Waals surface area contributed by atoms with Crippen molar-refractivity contribution in [2.75, 3.05) is 24.6 Å². The molecule has 1 unspecified atom stereocenters. The van der Waals surface area contributed by atoms with Crippen molar-refractivity contribution < 1.29 is 9.13 Å². The van der Waals surface area contributed by atoms with Gasteiger partial charge in [-0.3, -0.25) is 4.98 Å². The van der Waals surface area contributed by atoms with Crippen molar-refractivity contribution in [1.29, 1.82) is 0 Å². The van der Waals surface area contributed by atoms with Gasteiger partial charge >= 0.3 is 0 Å². The number of morpholine rings is 1. The van der Waals surface area contributed by atoms with Crippen LogP contribution in [0, 0.1) is 5.82 Å². The first-order valence-corrected chi connectivity index (χ1v) is 8.14. The Balaban J connectivity index is 1.73. The first-order valence-electron chi connectivity index (χ1n) is 8.14. The Morgan fingerprint density at radius 3 is 2.79 bits per heavy atom. The lowest BCUT2D eigenvalue weighted by Gasteiger charge is -2.42. The van der Waals surface area contributed by atoms with Crippen LogP contribution >= 0.6 is 0 Å². The number of rotatable bonds is 2. The van der Waals surface area contributed by atoms with Gasteiger partial charge in [0.1, 0.15) is 11.4 Å². The zero-order chi connectivity index (χ0) is 16.6. The van der Waals surface area contributed by atoms with Crippen LogP contribution in [-0.2, 0) is 10.3 Å². The lowest BCUT2D eigenvalue weighted by atomic mass is 9.93. The summed E-state index contributed by atoms with van der Waals surface area (Å²) in [6.07, 6.45) is 1.74. The third-order valence-corrected chi connectivity index (χ3v) is 4.68. The number of anilines is 1. The minimum absolute atomic E-state index is 0.261. The molecule has 0 N–H and O–H groups in total. The molecule has 0 aliphatic carbocycles. The summed E-state index contributed by atoms with van der Waals surface area (Å²) in [6, 6.07) is 17.1. The molecule has 2 aromatic carbocycles. The molecule has 2 heterocycles. The Hall–Kier alpha value is -2.46. The number of hydrogen-bond donors (Lipinski definition) is 0. The van der Waals surface area contributed by atoms with Crippen LogP contribution in [0.4, 0.5) is 10.1 Å². The average molecular weight is 322 g/mol. The van der Waals surface area contributed by atoms with Gasteiger partial charge in [0.15, 0.2) is 0 Å². The SMILES string of the molecule is CC1(c2ccccc2)CN(c2ccnc3cc(F)ccc23)CCO1. The van der Waals surface area contributed by atoms with Crippen LogP contribution in [0.15, 0.2) is 60.8 Å². The highest BCUT2D eigenvalue weighted by molar-refractivity contribution is 5.91. The molecule has 0 radical (unpaired) electrons. The molecule has 1 fully saturated rings. The maximum Gasteiger partial charge on any atom is 0.125 e. The zero-order valence-corrected chi connectivity index (χ0v) is 13.6. The van der Waals surface area contributed by atoms with Crippen LogP contribution in [-0.4, -0.2) is 24.7 Å². The summed E-state index contributed by atoms with van der Waals surface area (Å²) in [5, 5.41) is 0.969. The van der Waals surface area contributed by atoms with Gasteiger partial charge in [-0.25, -0.2) is 4.39 Å². The van der Waals surface area contributed by atoms with Crippen molar-refractivity contribution in [2.24, 2.45) is 0 Å². The molecule has 0 bridgehead atoms. The lowest BCUT2D eigenvalue weighted by molar-refractivity contribution is -0.0465. The first kappa shape index (κ1) is 15.1. The Labute approximate surface area is 140 Å². The summed E-state index contributed by atoms with van der Waals surface area (Å²) in [4.78, 5) is 6.60. The second-order valence-corrected chi connectivity index (χ2v) is 6.36. The van der Waals surface area contributed by atoms with Gasteiger partial charge in [-0.1, -0.05) is 30.3 Å². The smallest absolute Gasteiger partial charge is 0.125 e. The highest BCUT2D eigenvalue weighted by Crippen LogP contribution is 2.34. The molecule has 4 rings (SSSR count). The molecule has 1 aliphatic rings. The number of benzene rings is 2. The van der Waals surface area contributed by atoms with E-state index >= 15 is 0 Å². The van der Waals surface area contributed by atoms with E-state index in [9.17, 15) is 4.39 Å². The van der Waals surface area contributed by atoms with E-state index in [-0.39, 0.29) is 11.4 Å². The minimum atomic E-state index is -0.366. The fourth-order valence-corrected chi connectivity index (χ4v) is 3.42. The zero-order valence-electron chi connectivity index (χ0n) is 13.6. The highest BCUT2D eigenvalue weighted by Gasteiger charge is 2.34. The van der Waals surface area contributed by atoms with E-state index in [1.807, 2.05) is 30.3 Å². The molecule has 1 aliphatic heterocycles. The summed E-state index contributed by atoms with van der Waals surface area (Å²) in [5.41, 5.74) is 2.56. The van der Waals surface area contributed by atoms with E-state index in [2.05, 4.69) is 28.9 Å².